The number of amides is 1. The van der Waals surface area contributed by atoms with Crippen LogP contribution in [0.5, 0.6) is 5.75 Å². The summed E-state index contributed by atoms with van der Waals surface area (Å²) < 4.78 is 11.2. The van der Waals surface area contributed by atoms with Crippen LogP contribution in [0.2, 0.25) is 5.02 Å². The van der Waals surface area contributed by atoms with Crippen molar-refractivity contribution in [1.82, 2.24) is 5.32 Å². The van der Waals surface area contributed by atoms with Crippen LogP contribution in [0, 0.1) is 0 Å². The molecule has 0 radical (unpaired) electrons. The van der Waals surface area contributed by atoms with Gasteiger partial charge in [-0.15, -0.1) is 0 Å². The topological polar surface area (TPSA) is 88.8 Å². The van der Waals surface area contributed by atoms with E-state index in [2.05, 4.69) is 5.32 Å². The normalized spacial score (nSPS) is 15.2. The predicted molar refractivity (Wildman–Crippen MR) is 119 cm³/mol. The molecule has 0 unspecified atom stereocenters. The Bertz CT molecular complexity index is 1160. The van der Waals surface area contributed by atoms with Crippen molar-refractivity contribution in [2.24, 2.45) is 0 Å². The molecule has 1 aliphatic rings. The lowest BCUT2D eigenvalue weighted by molar-refractivity contribution is -0.127. The van der Waals surface area contributed by atoms with Crippen LogP contribution in [0.15, 0.2) is 51.7 Å². The lowest BCUT2D eigenvalue weighted by atomic mass is 9.90. The molecular formula is C24H24ClNO5. The number of carbonyl (C=O) groups is 1. The number of aliphatic hydroxyl groups is 1. The van der Waals surface area contributed by atoms with E-state index in [0.29, 0.717) is 16.2 Å². The summed E-state index contributed by atoms with van der Waals surface area (Å²) >= 11 is 6.43. The van der Waals surface area contributed by atoms with E-state index in [1.807, 2.05) is 18.2 Å². The van der Waals surface area contributed by atoms with Gasteiger partial charge in [0.25, 0.3) is 5.91 Å². The second-order valence-electron chi connectivity index (χ2n) is 7.76. The van der Waals surface area contributed by atoms with Gasteiger partial charge in [-0.3, -0.25) is 4.79 Å². The molecule has 2 aromatic carbocycles. The van der Waals surface area contributed by atoms with Gasteiger partial charge in [0, 0.05) is 23.6 Å². The van der Waals surface area contributed by atoms with Gasteiger partial charge in [-0.1, -0.05) is 41.9 Å². The molecule has 0 saturated heterocycles. The highest BCUT2D eigenvalue weighted by molar-refractivity contribution is 6.32. The zero-order chi connectivity index (χ0) is 22.0. The minimum Gasteiger partial charge on any atom is -0.479 e. The molecule has 7 heteroatoms. The van der Waals surface area contributed by atoms with Crippen molar-refractivity contribution >= 4 is 28.5 Å². The van der Waals surface area contributed by atoms with Crippen LogP contribution in [0.25, 0.3) is 11.0 Å². The van der Waals surface area contributed by atoms with Gasteiger partial charge in [0.05, 0.1) is 11.1 Å². The van der Waals surface area contributed by atoms with Gasteiger partial charge < -0.3 is 19.6 Å². The molecule has 0 aliphatic heterocycles. The second-order valence-corrected chi connectivity index (χ2v) is 8.17. The summed E-state index contributed by atoms with van der Waals surface area (Å²) in [5, 5.41) is 14.0. The minimum atomic E-state index is -0.859. The molecule has 0 spiro atoms. The van der Waals surface area contributed by atoms with Crippen molar-refractivity contribution in [3.05, 3.63) is 74.6 Å². The zero-order valence-electron chi connectivity index (χ0n) is 17.2. The molecule has 1 heterocycles. The standard InChI is InChI=1S/C24H24ClNO5/c1-14(23(28)26-13-20(27)15-7-3-2-4-8-15)30-22-12-21-18(11-19(22)25)16-9-5-6-10-17(16)24(29)31-21/h2-4,7-8,11-12,14,20,27H,5-6,9-10,13H2,1H3,(H,26,28)/t14-,20-/m0/s1. The molecule has 3 aromatic rings. The van der Waals surface area contributed by atoms with Crippen molar-refractivity contribution < 1.29 is 19.1 Å². The van der Waals surface area contributed by atoms with Crippen molar-refractivity contribution in [2.75, 3.05) is 6.54 Å². The number of benzene rings is 2. The Morgan fingerprint density at radius 2 is 1.90 bits per heavy atom. The largest absolute Gasteiger partial charge is 0.479 e. The average molecular weight is 442 g/mol. The molecule has 1 aliphatic carbocycles. The maximum Gasteiger partial charge on any atom is 0.339 e. The predicted octanol–water partition coefficient (Wildman–Crippen LogP) is 3.94. The summed E-state index contributed by atoms with van der Waals surface area (Å²) in [6.45, 7) is 1.65. The summed E-state index contributed by atoms with van der Waals surface area (Å²) in [4.78, 5) is 24.8. The van der Waals surface area contributed by atoms with Crippen molar-refractivity contribution in [1.29, 1.82) is 0 Å². The Labute approximate surface area is 184 Å². The lowest BCUT2D eigenvalue weighted by Crippen LogP contribution is -2.38. The maximum atomic E-state index is 12.4. The quantitative estimate of drug-likeness (QED) is 0.565. The van der Waals surface area contributed by atoms with Crippen LogP contribution in [0.1, 0.15) is 42.6 Å². The van der Waals surface area contributed by atoms with Crippen LogP contribution in [-0.4, -0.2) is 23.7 Å². The van der Waals surface area contributed by atoms with Gasteiger partial charge in [0.1, 0.15) is 11.3 Å². The molecule has 0 fully saturated rings. The highest BCUT2D eigenvalue weighted by Gasteiger charge is 2.22. The minimum absolute atomic E-state index is 0.0585. The molecule has 31 heavy (non-hydrogen) atoms. The van der Waals surface area contributed by atoms with E-state index in [-0.39, 0.29) is 17.9 Å². The Balaban J connectivity index is 1.48. The molecule has 1 amide bonds. The second kappa shape index (κ2) is 9.12. The van der Waals surface area contributed by atoms with E-state index >= 15 is 0 Å². The maximum absolute atomic E-state index is 12.4. The van der Waals surface area contributed by atoms with Gasteiger partial charge in [0.15, 0.2) is 6.10 Å². The fraction of sp³-hybridized carbons (Fsp3) is 0.333. The van der Waals surface area contributed by atoms with Crippen LogP contribution >= 0.6 is 11.6 Å². The number of aryl methyl sites for hydroxylation is 1. The number of aliphatic hydroxyl groups excluding tert-OH is 1. The molecule has 2 N–H and O–H groups in total. The molecule has 162 valence electrons. The molecule has 0 saturated carbocycles. The average Bonchev–Trinajstić information content (AvgIpc) is 2.79. The first-order valence-electron chi connectivity index (χ1n) is 10.4. The molecule has 2 atom stereocenters. The van der Waals surface area contributed by atoms with Crippen LogP contribution in [0.4, 0.5) is 0 Å². The van der Waals surface area contributed by atoms with Gasteiger partial charge in [0.2, 0.25) is 0 Å². The van der Waals surface area contributed by atoms with Gasteiger partial charge in [-0.2, -0.15) is 0 Å². The number of halogens is 1. The Morgan fingerprint density at radius 3 is 2.65 bits per heavy atom. The Hall–Kier alpha value is -2.83. The first kappa shape index (κ1) is 21.4. The summed E-state index contributed by atoms with van der Waals surface area (Å²) in [5.74, 6) is -0.127. The third-order valence-electron chi connectivity index (χ3n) is 5.60. The highest BCUT2D eigenvalue weighted by atomic mass is 35.5. The third-order valence-corrected chi connectivity index (χ3v) is 5.90. The summed E-state index contributed by atoms with van der Waals surface area (Å²) in [6.07, 6.45) is 1.85. The van der Waals surface area contributed by atoms with Gasteiger partial charge in [-0.25, -0.2) is 4.79 Å². The number of nitrogens with one attached hydrogen (secondary N) is 1. The van der Waals surface area contributed by atoms with E-state index in [1.54, 1.807) is 31.2 Å². The van der Waals surface area contributed by atoms with Gasteiger partial charge in [-0.05, 0) is 49.8 Å². The van der Waals surface area contributed by atoms with E-state index < -0.39 is 18.1 Å². The number of carbonyl (C=O) groups excluding carboxylic acids is 1. The number of fused-ring (bicyclic) bond motifs is 3. The SMILES string of the molecule is C[C@H](Oc1cc2oc(=O)c3c(c2cc1Cl)CCCC3)C(=O)NC[C@H](O)c1ccccc1. The number of rotatable bonds is 6. The first-order valence-corrected chi connectivity index (χ1v) is 10.8. The lowest BCUT2D eigenvalue weighted by Gasteiger charge is -2.19. The number of hydrogen-bond donors (Lipinski definition) is 2. The molecular weight excluding hydrogens is 418 g/mol. The van der Waals surface area contributed by atoms with E-state index in [0.717, 1.165) is 42.2 Å². The van der Waals surface area contributed by atoms with Crippen molar-refractivity contribution in [3.63, 3.8) is 0 Å². The van der Waals surface area contributed by atoms with E-state index in [9.17, 15) is 14.7 Å². The molecule has 0 bridgehead atoms. The molecule has 6 nitrogen and oxygen atoms in total. The number of hydrogen-bond acceptors (Lipinski definition) is 5. The Kier molecular flexibility index (Phi) is 6.30. The van der Waals surface area contributed by atoms with E-state index in [1.165, 1.54) is 0 Å². The molecule has 4 rings (SSSR count). The third kappa shape index (κ3) is 4.60. The summed E-state index contributed by atoms with van der Waals surface area (Å²) in [7, 11) is 0. The van der Waals surface area contributed by atoms with Crippen LogP contribution < -0.4 is 15.7 Å². The fourth-order valence-electron chi connectivity index (χ4n) is 3.91. The first-order chi connectivity index (χ1) is 14.9. The Morgan fingerprint density at radius 1 is 1.19 bits per heavy atom. The summed E-state index contributed by atoms with van der Waals surface area (Å²) in [5.41, 5.74) is 2.51. The number of ether oxygens (including phenoxy) is 1. The smallest absolute Gasteiger partial charge is 0.339 e. The summed E-state index contributed by atoms with van der Waals surface area (Å²) in [6, 6.07) is 12.4. The van der Waals surface area contributed by atoms with Crippen LogP contribution in [-0.2, 0) is 17.6 Å². The highest BCUT2D eigenvalue weighted by Crippen LogP contribution is 2.34. The van der Waals surface area contributed by atoms with E-state index in [4.69, 9.17) is 20.8 Å². The monoisotopic (exact) mass is 441 g/mol. The van der Waals surface area contributed by atoms with Crippen molar-refractivity contribution in [2.45, 2.75) is 44.8 Å². The van der Waals surface area contributed by atoms with Crippen molar-refractivity contribution in [3.8, 4) is 5.75 Å². The van der Waals surface area contributed by atoms with Gasteiger partial charge >= 0.3 is 5.63 Å². The zero-order valence-corrected chi connectivity index (χ0v) is 17.9. The fourth-order valence-corrected chi connectivity index (χ4v) is 4.12. The van der Waals surface area contributed by atoms with Crippen LogP contribution in [0.3, 0.4) is 0 Å². The molecule has 1 aromatic heterocycles.